The molecule has 2 heterocycles. The zero-order chi connectivity index (χ0) is 15.4. The summed E-state index contributed by atoms with van der Waals surface area (Å²) in [5.41, 5.74) is 1.35. The summed E-state index contributed by atoms with van der Waals surface area (Å²) in [6, 6.07) is 8.55. The SMILES string of the molecule is O=C(C1CCN(Cc2ccc(Br)cc2)CC1)N1CCCCC1. The largest absolute Gasteiger partial charge is 0.342 e. The summed E-state index contributed by atoms with van der Waals surface area (Å²) in [6.45, 7) is 5.05. The van der Waals surface area contributed by atoms with E-state index in [1.807, 2.05) is 0 Å². The monoisotopic (exact) mass is 364 g/mol. The van der Waals surface area contributed by atoms with Crippen LogP contribution in [0.5, 0.6) is 0 Å². The number of hydrogen-bond donors (Lipinski definition) is 0. The molecule has 0 bridgehead atoms. The number of benzene rings is 1. The van der Waals surface area contributed by atoms with Crippen LogP contribution in [-0.2, 0) is 11.3 Å². The van der Waals surface area contributed by atoms with Gasteiger partial charge in [0, 0.05) is 30.0 Å². The summed E-state index contributed by atoms with van der Waals surface area (Å²) >= 11 is 3.48. The number of carbonyl (C=O) groups excluding carboxylic acids is 1. The van der Waals surface area contributed by atoms with Gasteiger partial charge in [-0.25, -0.2) is 0 Å². The molecule has 2 aliphatic rings. The van der Waals surface area contributed by atoms with Crippen molar-refractivity contribution >= 4 is 21.8 Å². The second kappa shape index (κ2) is 7.60. The fraction of sp³-hybridized carbons (Fsp3) is 0.611. The molecule has 22 heavy (non-hydrogen) atoms. The molecule has 0 aromatic heterocycles. The van der Waals surface area contributed by atoms with Crippen LogP contribution in [0, 0.1) is 5.92 Å². The van der Waals surface area contributed by atoms with Crippen molar-refractivity contribution in [3.05, 3.63) is 34.3 Å². The predicted molar refractivity (Wildman–Crippen MR) is 92.6 cm³/mol. The van der Waals surface area contributed by atoms with E-state index >= 15 is 0 Å². The molecule has 0 atom stereocenters. The Morgan fingerprint density at radius 2 is 1.64 bits per heavy atom. The number of halogens is 1. The predicted octanol–water partition coefficient (Wildman–Crippen LogP) is 3.67. The molecule has 4 heteroatoms. The molecule has 1 aromatic rings. The van der Waals surface area contributed by atoms with Gasteiger partial charge in [0.1, 0.15) is 0 Å². The number of likely N-dealkylation sites (tertiary alicyclic amines) is 2. The lowest BCUT2D eigenvalue weighted by Crippen LogP contribution is -2.44. The summed E-state index contributed by atoms with van der Waals surface area (Å²) in [4.78, 5) is 17.1. The van der Waals surface area contributed by atoms with Crippen molar-refractivity contribution in [2.45, 2.75) is 38.6 Å². The van der Waals surface area contributed by atoms with Crippen LogP contribution in [-0.4, -0.2) is 41.9 Å². The first-order chi connectivity index (χ1) is 10.7. The Morgan fingerprint density at radius 3 is 2.27 bits per heavy atom. The van der Waals surface area contributed by atoms with Crippen LogP contribution in [0.1, 0.15) is 37.7 Å². The maximum absolute atomic E-state index is 12.6. The van der Waals surface area contributed by atoms with E-state index in [0.717, 1.165) is 50.0 Å². The first-order valence-corrected chi connectivity index (χ1v) is 9.27. The minimum absolute atomic E-state index is 0.263. The molecule has 0 spiro atoms. The van der Waals surface area contributed by atoms with Gasteiger partial charge in [0.05, 0.1) is 0 Å². The van der Waals surface area contributed by atoms with Crippen molar-refractivity contribution in [1.82, 2.24) is 9.80 Å². The zero-order valence-corrected chi connectivity index (χ0v) is 14.7. The molecular weight excluding hydrogens is 340 g/mol. The molecule has 0 N–H and O–H groups in total. The Bertz CT molecular complexity index is 488. The molecular formula is C18H25BrN2O. The van der Waals surface area contributed by atoms with Gasteiger partial charge in [0.15, 0.2) is 0 Å². The van der Waals surface area contributed by atoms with E-state index in [1.54, 1.807) is 0 Å². The highest BCUT2D eigenvalue weighted by molar-refractivity contribution is 9.10. The third-order valence-electron chi connectivity index (χ3n) is 4.92. The highest BCUT2D eigenvalue weighted by Crippen LogP contribution is 2.23. The van der Waals surface area contributed by atoms with Crippen molar-refractivity contribution < 1.29 is 4.79 Å². The van der Waals surface area contributed by atoms with Gasteiger partial charge >= 0.3 is 0 Å². The minimum Gasteiger partial charge on any atom is -0.342 e. The van der Waals surface area contributed by atoms with Crippen molar-refractivity contribution in [3.8, 4) is 0 Å². The average Bonchev–Trinajstić information content (AvgIpc) is 2.58. The standard InChI is InChI=1S/C18H25BrN2O/c19-17-6-4-15(5-7-17)14-20-12-8-16(9-13-20)18(22)21-10-2-1-3-11-21/h4-7,16H,1-3,8-14H2. The van der Waals surface area contributed by atoms with E-state index in [1.165, 1.54) is 24.8 Å². The minimum atomic E-state index is 0.263. The highest BCUT2D eigenvalue weighted by atomic mass is 79.9. The van der Waals surface area contributed by atoms with Crippen molar-refractivity contribution in [3.63, 3.8) is 0 Å². The van der Waals surface area contributed by atoms with Crippen LogP contribution in [0.2, 0.25) is 0 Å². The van der Waals surface area contributed by atoms with Gasteiger partial charge in [-0.2, -0.15) is 0 Å². The molecule has 1 aromatic carbocycles. The summed E-state index contributed by atoms with van der Waals surface area (Å²) in [6.07, 6.45) is 5.70. The summed E-state index contributed by atoms with van der Waals surface area (Å²) in [7, 11) is 0. The van der Waals surface area contributed by atoms with Gasteiger partial charge < -0.3 is 4.90 Å². The Morgan fingerprint density at radius 1 is 1.00 bits per heavy atom. The molecule has 2 fully saturated rings. The lowest BCUT2D eigenvalue weighted by Gasteiger charge is -2.35. The Hall–Kier alpha value is -0.870. The third kappa shape index (κ3) is 4.11. The van der Waals surface area contributed by atoms with Crippen molar-refractivity contribution in [1.29, 1.82) is 0 Å². The normalized spacial score (nSPS) is 21.0. The van der Waals surface area contributed by atoms with E-state index in [-0.39, 0.29) is 5.92 Å². The van der Waals surface area contributed by atoms with Crippen LogP contribution in [0.3, 0.4) is 0 Å². The van der Waals surface area contributed by atoms with E-state index in [4.69, 9.17) is 0 Å². The van der Waals surface area contributed by atoms with Gasteiger partial charge in [0.2, 0.25) is 5.91 Å². The number of nitrogens with zero attached hydrogens (tertiary/aromatic N) is 2. The number of rotatable bonds is 3. The second-order valence-corrected chi connectivity index (χ2v) is 7.48. The Balaban J connectivity index is 1.47. The quantitative estimate of drug-likeness (QED) is 0.816. The fourth-order valence-corrected chi connectivity index (χ4v) is 3.82. The first kappa shape index (κ1) is 16.0. The molecule has 2 saturated heterocycles. The molecule has 0 radical (unpaired) electrons. The number of amides is 1. The Labute approximate surface area is 141 Å². The maximum atomic E-state index is 12.6. The van der Waals surface area contributed by atoms with Crippen LogP contribution in [0.15, 0.2) is 28.7 Å². The molecule has 1 amide bonds. The summed E-state index contributed by atoms with van der Waals surface area (Å²) in [5.74, 6) is 0.683. The molecule has 120 valence electrons. The zero-order valence-electron chi connectivity index (χ0n) is 13.1. The van der Waals surface area contributed by atoms with Gasteiger partial charge in [-0.05, 0) is 62.9 Å². The van der Waals surface area contributed by atoms with E-state index in [9.17, 15) is 4.79 Å². The third-order valence-corrected chi connectivity index (χ3v) is 5.45. The smallest absolute Gasteiger partial charge is 0.225 e. The van der Waals surface area contributed by atoms with Crippen molar-refractivity contribution in [2.75, 3.05) is 26.2 Å². The summed E-state index contributed by atoms with van der Waals surface area (Å²) < 4.78 is 1.13. The molecule has 3 rings (SSSR count). The van der Waals surface area contributed by atoms with Crippen LogP contribution in [0.25, 0.3) is 0 Å². The lowest BCUT2D eigenvalue weighted by molar-refractivity contribution is -0.138. The van der Waals surface area contributed by atoms with Gasteiger partial charge in [-0.1, -0.05) is 28.1 Å². The van der Waals surface area contributed by atoms with E-state index in [0.29, 0.717) is 5.91 Å². The van der Waals surface area contributed by atoms with Crippen LogP contribution in [0.4, 0.5) is 0 Å². The Kier molecular flexibility index (Phi) is 5.53. The van der Waals surface area contributed by atoms with E-state index < -0.39 is 0 Å². The van der Waals surface area contributed by atoms with Crippen LogP contribution >= 0.6 is 15.9 Å². The molecule has 0 aliphatic carbocycles. The second-order valence-electron chi connectivity index (χ2n) is 6.56. The first-order valence-electron chi connectivity index (χ1n) is 8.48. The topological polar surface area (TPSA) is 23.6 Å². The summed E-state index contributed by atoms with van der Waals surface area (Å²) in [5, 5.41) is 0. The van der Waals surface area contributed by atoms with Gasteiger partial charge in [0.25, 0.3) is 0 Å². The van der Waals surface area contributed by atoms with Crippen molar-refractivity contribution in [2.24, 2.45) is 5.92 Å². The lowest BCUT2D eigenvalue weighted by atomic mass is 9.94. The highest BCUT2D eigenvalue weighted by Gasteiger charge is 2.29. The van der Waals surface area contributed by atoms with Gasteiger partial charge in [-0.15, -0.1) is 0 Å². The van der Waals surface area contributed by atoms with E-state index in [2.05, 4.69) is 50.0 Å². The average molecular weight is 365 g/mol. The number of carbonyl (C=O) groups is 1. The van der Waals surface area contributed by atoms with Gasteiger partial charge in [-0.3, -0.25) is 9.69 Å². The fourth-order valence-electron chi connectivity index (χ4n) is 3.56. The number of hydrogen-bond acceptors (Lipinski definition) is 2. The maximum Gasteiger partial charge on any atom is 0.225 e. The molecule has 0 saturated carbocycles. The van der Waals surface area contributed by atoms with Crippen LogP contribution < -0.4 is 0 Å². The molecule has 0 unspecified atom stereocenters. The number of piperidine rings is 2. The molecule has 2 aliphatic heterocycles. The molecule has 3 nitrogen and oxygen atoms in total.